The Labute approximate surface area is 352 Å². The minimum Gasteiger partial charge on any atom is -0.452 e. The van der Waals surface area contributed by atoms with E-state index in [0.29, 0.717) is 11.1 Å². The number of rotatable bonds is 21. The van der Waals surface area contributed by atoms with Gasteiger partial charge in [0.25, 0.3) is 5.91 Å². The first-order valence-corrected chi connectivity index (χ1v) is 18.9. The number of nitrogens with one attached hydrogen (secondary N) is 4. The number of aliphatic hydroxyl groups excluding tert-OH is 8. The number of anilines is 1. The predicted octanol–water partition coefficient (Wildman–Crippen LogP) is -5.96. The van der Waals surface area contributed by atoms with Crippen molar-refractivity contribution in [2.45, 2.75) is 107 Å². The third kappa shape index (κ3) is 14.8. The van der Waals surface area contributed by atoms with Crippen LogP contribution in [-0.2, 0) is 65.7 Å². The van der Waals surface area contributed by atoms with Crippen molar-refractivity contribution < 1.29 is 93.4 Å². The first-order valence-electron chi connectivity index (χ1n) is 18.9. The normalized spacial score (nSPS) is 21.9. The van der Waals surface area contributed by atoms with Crippen LogP contribution in [0.3, 0.4) is 0 Å². The number of amides is 5. The van der Waals surface area contributed by atoms with Gasteiger partial charge in [0.1, 0.15) is 74.1 Å². The maximum Gasteiger partial charge on any atom is 0.417 e. The fourth-order valence-corrected chi connectivity index (χ4v) is 5.55. The van der Waals surface area contributed by atoms with E-state index in [1.165, 1.54) is 31.2 Å². The second-order valence-corrected chi connectivity index (χ2v) is 14.0. The number of hydrogen-bond acceptors (Lipinski definition) is 19. The highest BCUT2D eigenvalue weighted by atomic mass is 16.7. The van der Waals surface area contributed by atoms with Crippen molar-refractivity contribution in [2.75, 3.05) is 18.5 Å². The van der Waals surface area contributed by atoms with Gasteiger partial charge < -0.3 is 86.8 Å². The molecule has 3 rings (SSSR count). The van der Waals surface area contributed by atoms with Gasteiger partial charge in [0.05, 0.1) is 19.6 Å². The summed E-state index contributed by atoms with van der Waals surface area (Å²) in [6.45, 7) is -0.143. The highest BCUT2D eigenvalue weighted by molar-refractivity contribution is 6.29. The molecule has 0 radical (unpaired) electrons. The van der Waals surface area contributed by atoms with E-state index >= 15 is 0 Å². The van der Waals surface area contributed by atoms with Crippen molar-refractivity contribution in [1.82, 2.24) is 16.0 Å². The van der Waals surface area contributed by atoms with Gasteiger partial charge in [-0.1, -0.05) is 42.5 Å². The standard InChI is InChI=1S/C38H51N5O19/c1-17(41-35(56)29(51)28(50)31(23(46)13-44)62-38-30(52)27(49)26(48)24(14-45)61-38)32(53)40-18(2)33(54)43-22(12-25(39)47)34(55)42-21-10-8-20(9-11-21)16-60-37(58)36(57)59-15-19-6-4-3-5-7-19/h3-11,17-18,22-24,26-31,38,44-46,48-52H,12-16H2,1-2H3,(H2,39,47)(H,40,53)(H,41,56)(H,42,55)(H,43,54)/t17?,18?,22?,23-,24-,26+,27+,28+,29-,30-,31+,38+/m1/s1. The van der Waals surface area contributed by atoms with E-state index in [-0.39, 0.29) is 18.9 Å². The van der Waals surface area contributed by atoms with Gasteiger partial charge in [-0.05, 0) is 37.1 Å². The van der Waals surface area contributed by atoms with Crippen molar-refractivity contribution >= 4 is 47.2 Å². The van der Waals surface area contributed by atoms with Crippen LogP contribution in [0.2, 0.25) is 0 Å². The van der Waals surface area contributed by atoms with E-state index in [1.54, 1.807) is 30.3 Å². The van der Waals surface area contributed by atoms with Crippen LogP contribution in [0.15, 0.2) is 54.6 Å². The van der Waals surface area contributed by atoms with Crippen molar-refractivity contribution in [3.63, 3.8) is 0 Å². The molecule has 0 spiro atoms. The third-order valence-electron chi connectivity index (χ3n) is 9.15. The fraction of sp³-hybridized carbons (Fsp3) is 0.500. The van der Waals surface area contributed by atoms with Crippen molar-refractivity contribution in [3.8, 4) is 0 Å². The molecule has 24 nitrogen and oxygen atoms in total. The van der Waals surface area contributed by atoms with E-state index in [4.69, 9.17) is 24.7 Å². The quantitative estimate of drug-likeness (QED) is 0.0410. The third-order valence-corrected chi connectivity index (χ3v) is 9.15. The Morgan fingerprint density at radius 2 is 1.24 bits per heavy atom. The molecule has 14 N–H and O–H groups in total. The molecule has 0 aliphatic carbocycles. The molecule has 1 aliphatic rings. The number of benzene rings is 2. The van der Waals surface area contributed by atoms with Crippen molar-refractivity contribution in [3.05, 3.63) is 65.7 Å². The highest BCUT2D eigenvalue weighted by Crippen LogP contribution is 2.25. The van der Waals surface area contributed by atoms with Gasteiger partial charge in [0, 0.05) is 5.69 Å². The van der Waals surface area contributed by atoms with Crippen molar-refractivity contribution in [2.24, 2.45) is 5.73 Å². The summed E-state index contributed by atoms with van der Waals surface area (Å²) < 4.78 is 20.3. The zero-order valence-corrected chi connectivity index (χ0v) is 33.3. The number of aliphatic hydroxyl groups is 8. The van der Waals surface area contributed by atoms with Crippen LogP contribution < -0.4 is 27.0 Å². The Morgan fingerprint density at radius 3 is 1.77 bits per heavy atom. The van der Waals surface area contributed by atoms with E-state index in [0.717, 1.165) is 6.92 Å². The predicted molar refractivity (Wildman–Crippen MR) is 206 cm³/mol. The molecule has 1 heterocycles. The zero-order valence-electron chi connectivity index (χ0n) is 33.3. The van der Waals surface area contributed by atoms with Crippen LogP contribution >= 0.6 is 0 Å². The Kier molecular flexibility index (Phi) is 19.7. The Bertz CT molecular complexity index is 1840. The smallest absolute Gasteiger partial charge is 0.417 e. The van der Waals surface area contributed by atoms with Gasteiger partial charge in [-0.15, -0.1) is 0 Å². The number of hydrogen-bond donors (Lipinski definition) is 13. The lowest BCUT2D eigenvalue weighted by atomic mass is 9.98. The van der Waals surface area contributed by atoms with Gasteiger partial charge in [-0.3, -0.25) is 24.0 Å². The molecule has 0 aromatic heterocycles. The molecule has 12 atom stereocenters. The van der Waals surface area contributed by atoms with Gasteiger partial charge in [-0.25, -0.2) is 9.59 Å². The maximum atomic E-state index is 13.1. The molecule has 1 fully saturated rings. The van der Waals surface area contributed by atoms with Crippen LogP contribution in [0.25, 0.3) is 0 Å². The first kappa shape index (κ1) is 50.7. The number of esters is 2. The Morgan fingerprint density at radius 1 is 0.710 bits per heavy atom. The molecule has 5 amide bonds. The molecule has 62 heavy (non-hydrogen) atoms. The topological polar surface area (TPSA) is 392 Å². The van der Waals surface area contributed by atoms with Crippen LogP contribution in [0.4, 0.5) is 5.69 Å². The van der Waals surface area contributed by atoms with E-state index in [2.05, 4.69) is 21.3 Å². The lowest BCUT2D eigenvalue weighted by molar-refractivity contribution is -0.326. The van der Waals surface area contributed by atoms with Gasteiger partial charge >= 0.3 is 11.9 Å². The molecule has 24 heteroatoms. The van der Waals surface area contributed by atoms with Gasteiger partial charge in [-0.2, -0.15) is 0 Å². The Hall–Kier alpha value is -5.67. The van der Waals surface area contributed by atoms with Gasteiger partial charge in [0.2, 0.25) is 23.6 Å². The van der Waals surface area contributed by atoms with Crippen LogP contribution in [0.1, 0.15) is 31.4 Å². The molecular weight excluding hydrogens is 830 g/mol. The molecule has 1 saturated heterocycles. The molecule has 342 valence electrons. The minimum absolute atomic E-state index is 0.130. The molecule has 0 bridgehead atoms. The van der Waals surface area contributed by atoms with Crippen LogP contribution in [0, 0.1) is 0 Å². The average molecular weight is 882 g/mol. The summed E-state index contributed by atoms with van der Waals surface area (Å²) in [5.74, 6) is -7.75. The number of nitrogens with two attached hydrogens (primary N) is 1. The maximum absolute atomic E-state index is 13.1. The number of ether oxygens (including phenoxy) is 4. The summed E-state index contributed by atoms with van der Waals surface area (Å²) in [4.78, 5) is 87.6. The molecule has 2 aromatic carbocycles. The minimum atomic E-state index is -2.50. The van der Waals surface area contributed by atoms with E-state index in [9.17, 15) is 74.4 Å². The highest BCUT2D eigenvalue weighted by Gasteiger charge is 2.47. The second kappa shape index (κ2) is 24.1. The summed E-state index contributed by atoms with van der Waals surface area (Å²) in [7, 11) is 0. The largest absolute Gasteiger partial charge is 0.452 e. The number of carbonyl (C=O) groups excluding carboxylic acids is 7. The van der Waals surface area contributed by atoms with Crippen molar-refractivity contribution in [1.29, 1.82) is 0 Å². The SMILES string of the molecule is CC(NC(=O)C(C)NC(=O)[C@H](O)[C@H](O)[C@@H](O[C@@H]1O[C@H](CO)[C@H](O)[C@H](O)[C@H]1O)[C@H](O)CO)C(=O)NC(CC(N)=O)C(=O)Nc1ccc(COC(=O)C(=O)OCc2ccccc2)cc1. The Balaban J connectivity index is 1.52. The van der Waals surface area contributed by atoms with Crippen LogP contribution in [-0.4, -0.2) is 169 Å². The molecule has 0 saturated carbocycles. The summed E-state index contributed by atoms with van der Waals surface area (Å²) >= 11 is 0. The molecule has 3 unspecified atom stereocenters. The van der Waals surface area contributed by atoms with Gasteiger partial charge in [0.15, 0.2) is 12.4 Å². The summed E-state index contributed by atoms with van der Waals surface area (Å²) in [6.07, 6.45) is -18.9. The lowest BCUT2D eigenvalue weighted by Crippen LogP contribution is -2.62. The zero-order chi connectivity index (χ0) is 46.3. The second-order valence-electron chi connectivity index (χ2n) is 14.0. The summed E-state index contributed by atoms with van der Waals surface area (Å²) in [6, 6.07) is 9.85. The van der Waals surface area contributed by atoms with E-state index in [1.807, 2.05) is 0 Å². The summed E-state index contributed by atoms with van der Waals surface area (Å²) in [5, 5.41) is 89.7. The summed E-state index contributed by atoms with van der Waals surface area (Å²) in [5.41, 5.74) is 6.54. The van der Waals surface area contributed by atoms with Crippen LogP contribution in [0.5, 0.6) is 0 Å². The first-order chi connectivity index (χ1) is 29.3. The lowest BCUT2D eigenvalue weighted by Gasteiger charge is -2.42. The monoisotopic (exact) mass is 881 g/mol. The van der Waals surface area contributed by atoms with E-state index < -0.39 is 134 Å². The fourth-order valence-electron chi connectivity index (χ4n) is 5.55. The average Bonchev–Trinajstić information content (AvgIpc) is 3.25. The molecule has 1 aliphatic heterocycles. The number of primary amides is 1. The number of carbonyl (C=O) groups is 7. The molecule has 2 aromatic rings. The molecular formula is C38H51N5O19.